The zero-order valence-electron chi connectivity index (χ0n) is 10.3. The Bertz CT molecular complexity index is 396. The number of nitrogens with zero attached hydrogens (tertiary/aromatic N) is 1. The fraction of sp³-hybridized carbons (Fsp3) is 0.615. The Morgan fingerprint density at radius 2 is 2.24 bits per heavy atom. The third-order valence-corrected chi connectivity index (χ3v) is 3.63. The van der Waals surface area contributed by atoms with E-state index in [1.54, 1.807) is 11.0 Å². The van der Waals surface area contributed by atoms with Gasteiger partial charge in [-0.25, -0.2) is 0 Å². The predicted octanol–water partition coefficient (Wildman–Crippen LogP) is 2.93. The maximum Gasteiger partial charge on any atom is 0.289 e. The van der Waals surface area contributed by atoms with Crippen LogP contribution in [0.4, 0.5) is 0 Å². The van der Waals surface area contributed by atoms with E-state index in [1.165, 1.54) is 0 Å². The molecule has 1 aromatic heterocycles. The predicted molar refractivity (Wildman–Crippen MR) is 67.4 cm³/mol. The van der Waals surface area contributed by atoms with E-state index >= 15 is 0 Å². The van der Waals surface area contributed by atoms with Gasteiger partial charge in [-0.2, -0.15) is 0 Å². The second-order valence-electron chi connectivity index (χ2n) is 4.74. The third-order valence-electron chi connectivity index (χ3n) is 3.28. The Labute approximate surface area is 107 Å². The number of furan rings is 1. The van der Waals surface area contributed by atoms with E-state index in [4.69, 9.17) is 16.0 Å². The minimum atomic E-state index is -0.0391. The van der Waals surface area contributed by atoms with Gasteiger partial charge in [-0.3, -0.25) is 4.79 Å². The molecule has 1 aliphatic rings. The van der Waals surface area contributed by atoms with Crippen molar-refractivity contribution in [2.24, 2.45) is 5.92 Å². The van der Waals surface area contributed by atoms with Crippen LogP contribution >= 0.6 is 11.6 Å². The van der Waals surface area contributed by atoms with Crippen LogP contribution in [0.3, 0.4) is 0 Å². The van der Waals surface area contributed by atoms with E-state index in [1.807, 2.05) is 20.0 Å². The van der Waals surface area contributed by atoms with Crippen molar-refractivity contribution in [3.8, 4) is 0 Å². The van der Waals surface area contributed by atoms with E-state index in [2.05, 4.69) is 0 Å². The average molecular weight is 256 g/mol. The minimum absolute atomic E-state index is 0.0391. The minimum Gasteiger partial charge on any atom is -0.456 e. The molecule has 2 rings (SSSR count). The summed E-state index contributed by atoms with van der Waals surface area (Å²) < 4.78 is 5.45. The van der Waals surface area contributed by atoms with E-state index in [0.29, 0.717) is 17.1 Å². The number of carbonyl (C=O) groups is 1. The lowest BCUT2D eigenvalue weighted by Crippen LogP contribution is -2.37. The second-order valence-corrected chi connectivity index (χ2v) is 5.36. The molecule has 1 aromatic rings. The van der Waals surface area contributed by atoms with Crippen molar-refractivity contribution in [2.75, 3.05) is 13.6 Å². The largest absolute Gasteiger partial charge is 0.456 e. The lowest BCUT2D eigenvalue weighted by molar-refractivity contribution is 0.0713. The molecule has 1 aliphatic carbocycles. The molecule has 3 nitrogen and oxygen atoms in total. The number of hydrogen-bond donors (Lipinski definition) is 0. The quantitative estimate of drug-likeness (QED) is 0.775. The molecule has 0 N–H and O–H groups in total. The van der Waals surface area contributed by atoms with Gasteiger partial charge in [-0.05, 0) is 30.9 Å². The maximum absolute atomic E-state index is 12.0. The SMILES string of the molecule is CCc1ccc(C(=O)N(C)CC2CC(Cl)C2)o1. The van der Waals surface area contributed by atoms with Crippen LogP contribution in [0.25, 0.3) is 0 Å². The topological polar surface area (TPSA) is 33.5 Å². The molecule has 1 saturated carbocycles. The lowest BCUT2D eigenvalue weighted by atomic mass is 9.84. The number of amides is 1. The first-order chi connectivity index (χ1) is 8.10. The van der Waals surface area contributed by atoms with Crippen molar-refractivity contribution in [1.82, 2.24) is 4.90 Å². The van der Waals surface area contributed by atoms with Gasteiger partial charge in [0.1, 0.15) is 5.76 Å². The zero-order valence-corrected chi connectivity index (χ0v) is 11.0. The molecule has 0 atom stereocenters. The van der Waals surface area contributed by atoms with E-state index in [-0.39, 0.29) is 5.91 Å². The van der Waals surface area contributed by atoms with Crippen molar-refractivity contribution in [3.05, 3.63) is 23.7 Å². The Morgan fingerprint density at radius 3 is 2.76 bits per heavy atom. The van der Waals surface area contributed by atoms with Gasteiger partial charge >= 0.3 is 0 Å². The first-order valence-electron chi connectivity index (χ1n) is 6.08. The van der Waals surface area contributed by atoms with Crippen LogP contribution in [0.5, 0.6) is 0 Å². The lowest BCUT2D eigenvalue weighted by Gasteiger charge is -2.33. The van der Waals surface area contributed by atoms with Crippen molar-refractivity contribution < 1.29 is 9.21 Å². The molecule has 17 heavy (non-hydrogen) atoms. The van der Waals surface area contributed by atoms with E-state index in [0.717, 1.165) is 31.6 Å². The molecule has 0 saturated heterocycles. The van der Waals surface area contributed by atoms with Crippen molar-refractivity contribution in [2.45, 2.75) is 31.6 Å². The maximum atomic E-state index is 12.0. The average Bonchev–Trinajstić information content (AvgIpc) is 2.74. The Morgan fingerprint density at radius 1 is 1.53 bits per heavy atom. The summed E-state index contributed by atoms with van der Waals surface area (Å²) in [5, 5.41) is 0.304. The molecule has 1 fully saturated rings. The highest BCUT2D eigenvalue weighted by Gasteiger charge is 2.29. The van der Waals surface area contributed by atoms with Crippen LogP contribution in [-0.2, 0) is 6.42 Å². The van der Waals surface area contributed by atoms with Crippen LogP contribution < -0.4 is 0 Å². The summed E-state index contributed by atoms with van der Waals surface area (Å²) in [7, 11) is 1.82. The van der Waals surface area contributed by atoms with Crippen LogP contribution in [0, 0.1) is 5.92 Å². The molecule has 0 radical (unpaired) electrons. The Balaban J connectivity index is 1.90. The van der Waals surface area contributed by atoms with Gasteiger partial charge in [0.2, 0.25) is 0 Å². The summed E-state index contributed by atoms with van der Waals surface area (Å²) in [6.07, 6.45) is 2.84. The highest BCUT2D eigenvalue weighted by Crippen LogP contribution is 2.32. The molecule has 0 aliphatic heterocycles. The molecule has 1 heterocycles. The van der Waals surface area contributed by atoms with Gasteiger partial charge in [0, 0.05) is 25.4 Å². The molecule has 1 amide bonds. The van der Waals surface area contributed by atoms with Gasteiger partial charge in [-0.1, -0.05) is 6.92 Å². The highest BCUT2D eigenvalue weighted by atomic mass is 35.5. The molecular formula is C13H18ClNO2. The van der Waals surface area contributed by atoms with Gasteiger partial charge < -0.3 is 9.32 Å². The molecule has 0 spiro atoms. The van der Waals surface area contributed by atoms with Gasteiger partial charge in [0.05, 0.1) is 0 Å². The molecule has 94 valence electrons. The molecular weight excluding hydrogens is 238 g/mol. The van der Waals surface area contributed by atoms with Crippen molar-refractivity contribution >= 4 is 17.5 Å². The Kier molecular flexibility index (Phi) is 3.77. The van der Waals surface area contributed by atoms with Crippen LogP contribution in [-0.4, -0.2) is 29.8 Å². The van der Waals surface area contributed by atoms with Crippen molar-refractivity contribution in [3.63, 3.8) is 0 Å². The summed E-state index contributed by atoms with van der Waals surface area (Å²) in [6, 6.07) is 3.61. The highest BCUT2D eigenvalue weighted by molar-refractivity contribution is 6.21. The van der Waals surface area contributed by atoms with Gasteiger partial charge in [0.15, 0.2) is 5.76 Å². The summed E-state index contributed by atoms with van der Waals surface area (Å²) in [5.74, 6) is 1.80. The number of halogens is 1. The number of carbonyl (C=O) groups excluding carboxylic acids is 1. The van der Waals surface area contributed by atoms with Crippen molar-refractivity contribution in [1.29, 1.82) is 0 Å². The summed E-state index contributed by atoms with van der Waals surface area (Å²) in [5.41, 5.74) is 0. The van der Waals surface area contributed by atoms with Crippen LogP contribution in [0.15, 0.2) is 16.5 Å². The van der Waals surface area contributed by atoms with Crippen LogP contribution in [0.1, 0.15) is 36.1 Å². The first-order valence-corrected chi connectivity index (χ1v) is 6.52. The number of alkyl halides is 1. The first kappa shape index (κ1) is 12.5. The van der Waals surface area contributed by atoms with E-state index < -0.39 is 0 Å². The third kappa shape index (κ3) is 2.83. The monoisotopic (exact) mass is 255 g/mol. The summed E-state index contributed by atoms with van der Waals surface area (Å²) >= 11 is 5.92. The van der Waals surface area contributed by atoms with Gasteiger partial charge in [-0.15, -0.1) is 11.6 Å². The van der Waals surface area contributed by atoms with E-state index in [9.17, 15) is 4.79 Å². The second kappa shape index (κ2) is 5.13. The fourth-order valence-corrected chi connectivity index (χ4v) is 2.65. The Hall–Kier alpha value is -0.960. The summed E-state index contributed by atoms with van der Waals surface area (Å²) in [6.45, 7) is 2.77. The summed E-state index contributed by atoms with van der Waals surface area (Å²) in [4.78, 5) is 13.8. The normalized spacial score (nSPS) is 23.2. The van der Waals surface area contributed by atoms with Crippen LogP contribution in [0.2, 0.25) is 0 Å². The zero-order chi connectivity index (χ0) is 12.4. The van der Waals surface area contributed by atoms with Gasteiger partial charge in [0.25, 0.3) is 5.91 Å². The molecule has 4 heteroatoms. The standard InChI is InChI=1S/C13H18ClNO2/c1-3-11-4-5-12(17-11)13(16)15(2)8-9-6-10(14)7-9/h4-5,9-10H,3,6-8H2,1-2H3. The number of rotatable bonds is 4. The smallest absolute Gasteiger partial charge is 0.289 e. The molecule has 0 unspecified atom stereocenters. The number of aryl methyl sites for hydroxylation is 1. The number of hydrogen-bond acceptors (Lipinski definition) is 2. The molecule has 0 bridgehead atoms. The fourth-order valence-electron chi connectivity index (χ4n) is 2.14. The molecule has 0 aromatic carbocycles.